The second kappa shape index (κ2) is 4.94. The molecule has 1 aliphatic heterocycles. The SMILES string of the molecule is C=C1NN=C(c2ccc(C(C)N)cc2)c2ccccc21. The molecule has 0 fully saturated rings. The Morgan fingerprint density at radius 2 is 1.70 bits per heavy atom. The molecule has 100 valence electrons. The fourth-order valence-corrected chi connectivity index (χ4v) is 2.36. The summed E-state index contributed by atoms with van der Waals surface area (Å²) in [5, 5.41) is 4.43. The second-order valence-corrected chi connectivity index (χ2v) is 5.01. The van der Waals surface area contributed by atoms with E-state index in [1.165, 1.54) is 0 Å². The van der Waals surface area contributed by atoms with Crippen molar-refractivity contribution in [1.82, 2.24) is 5.43 Å². The van der Waals surface area contributed by atoms with Crippen LogP contribution in [0.1, 0.15) is 35.2 Å². The predicted octanol–water partition coefficient (Wildman–Crippen LogP) is 3.03. The fraction of sp³-hybridized carbons (Fsp3) is 0.118. The van der Waals surface area contributed by atoms with Crippen LogP contribution >= 0.6 is 0 Å². The van der Waals surface area contributed by atoms with Gasteiger partial charge in [0.1, 0.15) is 0 Å². The molecule has 0 radical (unpaired) electrons. The zero-order chi connectivity index (χ0) is 14.1. The van der Waals surface area contributed by atoms with Gasteiger partial charge in [-0.1, -0.05) is 55.1 Å². The van der Waals surface area contributed by atoms with Crippen LogP contribution in [0.3, 0.4) is 0 Å². The number of nitrogens with zero attached hydrogens (tertiary/aromatic N) is 1. The van der Waals surface area contributed by atoms with E-state index in [0.29, 0.717) is 0 Å². The van der Waals surface area contributed by atoms with E-state index in [1.807, 2.05) is 19.1 Å². The summed E-state index contributed by atoms with van der Waals surface area (Å²) in [6.45, 7) is 5.97. The highest BCUT2D eigenvalue weighted by Crippen LogP contribution is 2.24. The molecule has 1 atom stereocenters. The van der Waals surface area contributed by atoms with Gasteiger partial charge in [0, 0.05) is 22.7 Å². The Balaban J connectivity index is 2.05. The molecule has 0 aromatic heterocycles. The van der Waals surface area contributed by atoms with Gasteiger partial charge in [0.25, 0.3) is 0 Å². The van der Waals surface area contributed by atoms with Gasteiger partial charge in [-0.25, -0.2) is 0 Å². The molecule has 3 heteroatoms. The van der Waals surface area contributed by atoms with Gasteiger partial charge in [-0.2, -0.15) is 5.10 Å². The molecule has 2 aromatic rings. The molecule has 0 bridgehead atoms. The summed E-state index contributed by atoms with van der Waals surface area (Å²) in [6, 6.07) is 16.4. The third-order valence-electron chi connectivity index (χ3n) is 3.52. The Labute approximate surface area is 118 Å². The maximum Gasteiger partial charge on any atom is 0.0984 e. The monoisotopic (exact) mass is 263 g/mol. The van der Waals surface area contributed by atoms with E-state index in [2.05, 4.69) is 53.5 Å². The summed E-state index contributed by atoms with van der Waals surface area (Å²) in [7, 11) is 0. The van der Waals surface area contributed by atoms with E-state index in [1.54, 1.807) is 0 Å². The molecular formula is C17H17N3. The van der Waals surface area contributed by atoms with E-state index >= 15 is 0 Å². The van der Waals surface area contributed by atoms with E-state index in [4.69, 9.17) is 5.73 Å². The van der Waals surface area contributed by atoms with Crippen LogP contribution in [-0.2, 0) is 0 Å². The Bertz CT molecular complexity index is 682. The smallest absolute Gasteiger partial charge is 0.0984 e. The normalized spacial score (nSPS) is 15.1. The van der Waals surface area contributed by atoms with Gasteiger partial charge in [-0.3, -0.25) is 5.43 Å². The molecule has 20 heavy (non-hydrogen) atoms. The average molecular weight is 263 g/mol. The molecule has 3 N–H and O–H groups in total. The van der Waals surface area contributed by atoms with Crippen molar-refractivity contribution in [2.75, 3.05) is 0 Å². The lowest BCUT2D eigenvalue weighted by atomic mass is 9.94. The summed E-state index contributed by atoms with van der Waals surface area (Å²) in [5.41, 5.74) is 15.0. The number of hydrazone groups is 1. The first-order valence-corrected chi connectivity index (χ1v) is 6.65. The average Bonchev–Trinajstić information content (AvgIpc) is 2.48. The third-order valence-corrected chi connectivity index (χ3v) is 3.52. The quantitative estimate of drug-likeness (QED) is 0.875. The minimum absolute atomic E-state index is 0.0440. The molecule has 0 spiro atoms. The van der Waals surface area contributed by atoms with Crippen molar-refractivity contribution in [1.29, 1.82) is 0 Å². The lowest BCUT2D eigenvalue weighted by Crippen LogP contribution is -2.19. The number of benzene rings is 2. The number of rotatable bonds is 2. The largest absolute Gasteiger partial charge is 0.324 e. The van der Waals surface area contributed by atoms with Crippen molar-refractivity contribution in [3.63, 3.8) is 0 Å². The predicted molar refractivity (Wildman–Crippen MR) is 83.3 cm³/mol. The molecule has 0 aliphatic carbocycles. The minimum Gasteiger partial charge on any atom is -0.324 e. The van der Waals surface area contributed by atoms with Crippen molar-refractivity contribution < 1.29 is 0 Å². The minimum atomic E-state index is 0.0440. The number of hydrogen-bond acceptors (Lipinski definition) is 3. The van der Waals surface area contributed by atoms with Crippen LogP contribution in [0.25, 0.3) is 5.70 Å². The summed E-state index contributed by atoms with van der Waals surface area (Å²) < 4.78 is 0. The highest BCUT2D eigenvalue weighted by molar-refractivity contribution is 6.16. The van der Waals surface area contributed by atoms with Gasteiger partial charge >= 0.3 is 0 Å². The van der Waals surface area contributed by atoms with Crippen LogP contribution in [0.4, 0.5) is 0 Å². The van der Waals surface area contributed by atoms with Gasteiger partial charge in [0.2, 0.25) is 0 Å². The molecule has 2 aromatic carbocycles. The number of fused-ring (bicyclic) bond motifs is 1. The maximum absolute atomic E-state index is 5.88. The number of hydrogen-bond donors (Lipinski definition) is 2. The Hall–Kier alpha value is -2.39. The van der Waals surface area contributed by atoms with Crippen LogP contribution in [0, 0.1) is 0 Å². The first kappa shape index (κ1) is 12.6. The van der Waals surface area contributed by atoms with E-state index in [0.717, 1.165) is 33.7 Å². The first-order chi connectivity index (χ1) is 9.66. The Morgan fingerprint density at radius 3 is 2.35 bits per heavy atom. The second-order valence-electron chi connectivity index (χ2n) is 5.01. The molecule has 1 unspecified atom stereocenters. The summed E-state index contributed by atoms with van der Waals surface area (Å²) in [6.07, 6.45) is 0. The summed E-state index contributed by atoms with van der Waals surface area (Å²) >= 11 is 0. The van der Waals surface area contributed by atoms with Crippen LogP contribution in [0.2, 0.25) is 0 Å². The van der Waals surface area contributed by atoms with Crippen molar-refractivity contribution >= 4 is 11.4 Å². The lowest BCUT2D eigenvalue weighted by molar-refractivity contribution is 0.818. The van der Waals surface area contributed by atoms with E-state index in [-0.39, 0.29) is 6.04 Å². The maximum atomic E-state index is 5.88. The zero-order valence-electron chi connectivity index (χ0n) is 11.4. The Morgan fingerprint density at radius 1 is 1.05 bits per heavy atom. The molecule has 0 saturated heterocycles. The first-order valence-electron chi connectivity index (χ1n) is 6.65. The molecule has 1 aliphatic rings. The van der Waals surface area contributed by atoms with Crippen LogP contribution in [-0.4, -0.2) is 5.71 Å². The lowest BCUT2D eigenvalue weighted by Gasteiger charge is -2.19. The molecule has 1 heterocycles. The van der Waals surface area contributed by atoms with Gasteiger partial charge in [-0.15, -0.1) is 0 Å². The molecule has 0 amide bonds. The van der Waals surface area contributed by atoms with Crippen LogP contribution in [0.15, 0.2) is 60.2 Å². The van der Waals surface area contributed by atoms with E-state index in [9.17, 15) is 0 Å². The molecular weight excluding hydrogens is 246 g/mol. The number of nitrogens with one attached hydrogen (secondary N) is 1. The van der Waals surface area contributed by atoms with Gasteiger partial charge in [0.15, 0.2) is 0 Å². The zero-order valence-corrected chi connectivity index (χ0v) is 11.4. The standard InChI is InChI=1S/C17H17N3/c1-11(18)13-7-9-14(10-8-13)17-16-6-4-3-5-15(16)12(2)19-20-17/h3-11,19H,2,18H2,1H3. The topological polar surface area (TPSA) is 50.4 Å². The van der Waals surface area contributed by atoms with Crippen molar-refractivity contribution in [2.45, 2.75) is 13.0 Å². The van der Waals surface area contributed by atoms with Crippen molar-refractivity contribution in [3.05, 3.63) is 77.4 Å². The molecule has 3 rings (SSSR count). The van der Waals surface area contributed by atoms with Crippen molar-refractivity contribution in [3.8, 4) is 0 Å². The summed E-state index contributed by atoms with van der Waals surface area (Å²) in [5.74, 6) is 0. The van der Waals surface area contributed by atoms with Crippen LogP contribution in [0.5, 0.6) is 0 Å². The third kappa shape index (κ3) is 2.12. The molecule has 0 saturated carbocycles. The highest BCUT2D eigenvalue weighted by Gasteiger charge is 2.17. The van der Waals surface area contributed by atoms with Crippen molar-refractivity contribution in [2.24, 2.45) is 10.8 Å². The molecule has 3 nitrogen and oxygen atoms in total. The van der Waals surface area contributed by atoms with Crippen LogP contribution < -0.4 is 11.2 Å². The van der Waals surface area contributed by atoms with Gasteiger partial charge < -0.3 is 5.73 Å². The number of nitrogens with two attached hydrogens (primary N) is 1. The Kier molecular flexibility index (Phi) is 3.12. The van der Waals surface area contributed by atoms with Gasteiger partial charge in [0.05, 0.1) is 11.4 Å². The summed E-state index contributed by atoms with van der Waals surface area (Å²) in [4.78, 5) is 0. The highest BCUT2D eigenvalue weighted by atomic mass is 15.3. The van der Waals surface area contributed by atoms with Gasteiger partial charge in [-0.05, 0) is 12.5 Å². The van der Waals surface area contributed by atoms with E-state index < -0.39 is 0 Å². The fourth-order valence-electron chi connectivity index (χ4n) is 2.36.